The first-order valence-electron chi connectivity index (χ1n) is 9.07. The van der Waals surface area contributed by atoms with Crippen molar-refractivity contribution in [2.45, 2.75) is 26.4 Å². The summed E-state index contributed by atoms with van der Waals surface area (Å²) in [5, 5.41) is 2.56. The summed E-state index contributed by atoms with van der Waals surface area (Å²) in [5.41, 5.74) is 2.58. The molecule has 0 aromatic heterocycles. The molecule has 0 bridgehead atoms. The van der Waals surface area contributed by atoms with E-state index in [1.54, 1.807) is 0 Å². The third-order valence-corrected chi connectivity index (χ3v) is 5.01. The van der Waals surface area contributed by atoms with Crippen LogP contribution in [0.1, 0.15) is 25.0 Å². The fraction of sp³-hybridized carbons (Fsp3) is 0.261. The highest BCUT2D eigenvalue weighted by atomic mass is 15.3. The van der Waals surface area contributed by atoms with Gasteiger partial charge in [-0.1, -0.05) is 86.6 Å². The standard InChI is InChI=1S/C23H24N2/c1-17(2)22-16-25(15-18-9-4-3-5-10-18)23(24-22)21-14-8-12-19-11-6-7-13-20(19)21/h3-14,17,22H,15-16H2,1-2H3/t22-/m1/s1. The molecule has 25 heavy (non-hydrogen) atoms. The molecule has 0 aliphatic carbocycles. The molecule has 0 saturated carbocycles. The van der Waals surface area contributed by atoms with Crippen LogP contribution in [0.3, 0.4) is 0 Å². The van der Waals surface area contributed by atoms with Crippen LogP contribution in [-0.2, 0) is 6.54 Å². The van der Waals surface area contributed by atoms with Gasteiger partial charge in [0.05, 0.1) is 6.04 Å². The second-order valence-corrected chi connectivity index (χ2v) is 7.16. The van der Waals surface area contributed by atoms with Crippen LogP contribution in [0.2, 0.25) is 0 Å². The Labute approximate surface area is 149 Å². The van der Waals surface area contributed by atoms with Gasteiger partial charge in [0.1, 0.15) is 5.84 Å². The summed E-state index contributed by atoms with van der Waals surface area (Å²) in [6.07, 6.45) is 0. The summed E-state index contributed by atoms with van der Waals surface area (Å²) in [6.45, 7) is 6.43. The first-order valence-corrected chi connectivity index (χ1v) is 9.07. The number of hydrogen-bond donors (Lipinski definition) is 0. The molecule has 3 aromatic rings. The molecule has 1 heterocycles. The molecule has 0 N–H and O–H groups in total. The van der Waals surface area contributed by atoms with Crippen LogP contribution < -0.4 is 0 Å². The summed E-state index contributed by atoms with van der Waals surface area (Å²) in [7, 11) is 0. The number of amidine groups is 1. The molecule has 2 heteroatoms. The lowest BCUT2D eigenvalue weighted by Gasteiger charge is -2.23. The van der Waals surface area contributed by atoms with Gasteiger partial charge in [-0.05, 0) is 22.3 Å². The minimum Gasteiger partial charge on any atom is -0.350 e. The maximum absolute atomic E-state index is 5.13. The Morgan fingerprint density at radius 3 is 2.44 bits per heavy atom. The molecule has 1 aliphatic heterocycles. The van der Waals surface area contributed by atoms with Crippen molar-refractivity contribution in [3.05, 3.63) is 83.9 Å². The van der Waals surface area contributed by atoms with Crippen LogP contribution in [0.25, 0.3) is 10.8 Å². The minimum atomic E-state index is 0.359. The zero-order chi connectivity index (χ0) is 17.2. The van der Waals surface area contributed by atoms with Crippen LogP contribution >= 0.6 is 0 Å². The van der Waals surface area contributed by atoms with Gasteiger partial charge in [-0.3, -0.25) is 4.99 Å². The molecule has 0 fully saturated rings. The third-order valence-electron chi connectivity index (χ3n) is 5.01. The summed E-state index contributed by atoms with van der Waals surface area (Å²) >= 11 is 0. The number of hydrogen-bond acceptors (Lipinski definition) is 2. The Hall–Kier alpha value is -2.61. The van der Waals surface area contributed by atoms with Gasteiger partial charge in [0.25, 0.3) is 0 Å². The van der Waals surface area contributed by atoms with Crippen molar-refractivity contribution in [3.8, 4) is 0 Å². The highest BCUT2D eigenvalue weighted by Crippen LogP contribution is 2.27. The van der Waals surface area contributed by atoms with Crippen molar-refractivity contribution in [1.82, 2.24) is 4.90 Å². The maximum Gasteiger partial charge on any atom is 0.132 e. The van der Waals surface area contributed by atoms with E-state index in [4.69, 9.17) is 4.99 Å². The topological polar surface area (TPSA) is 15.6 Å². The molecule has 0 amide bonds. The molecule has 1 atom stereocenters. The van der Waals surface area contributed by atoms with Gasteiger partial charge >= 0.3 is 0 Å². The van der Waals surface area contributed by atoms with Crippen molar-refractivity contribution in [2.24, 2.45) is 10.9 Å². The monoisotopic (exact) mass is 328 g/mol. The van der Waals surface area contributed by atoms with Gasteiger partial charge in [0.2, 0.25) is 0 Å². The summed E-state index contributed by atoms with van der Waals surface area (Å²) in [6, 6.07) is 26.2. The molecular formula is C23H24N2. The molecule has 126 valence electrons. The predicted molar refractivity (Wildman–Crippen MR) is 106 cm³/mol. The molecule has 0 saturated heterocycles. The van der Waals surface area contributed by atoms with Crippen molar-refractivity contribution in [3.63, 3.8) is 0 Å². The molecule has 1 aliphatic rings. The van der Waals surface area contributed by atoms with Gasteiger partial charge < -0.3 is 4.90 Å². The fourth-order valence-corrected chi connectivity index (χ4v) is 3.56. The van der Waals surface area contributed by atoms with Crippen molar-refractivity contribution in [1.29, 1.82) is 0 Å². The van der Waals surface area contributed by atoms with Gasteiger partial charge in [-0.2, -0.15) is 0 Å². The van der Waals surface area contributed by atoms with E-state index in [1.807, 2.05) is 0 Å². The average molecular weight is 328 g/mol. The van der Waals surface area contributed by atoms with E-state index < -0.39 is 0 Å². The second-order valence-electron chi connectivity index (χ2n) is 7.16. The Kier molecular flexibility index (Phi) is 4.27. The van der Waals surface area contributed by atoms with E-state index in [9.17, 15) is 0 Å². The smallest absolute Gasteiger partial charge is 0.132 e. The zero-order valence-electron chi connectivity index (χ0n) is 14.9. The molecule has 0 unspecified atom stereocenters. The first kappa shape index (κ1) is 15.9. The maximum atomic E-state index is 5.13. The normalized spacial score (nSPS) is 17.3. The third kappa shape index (κ3) is 3.17. The van der Waals surface area contributed by atoms with Crippen LogP contribution in [0.4, 0.5) is 0 Å². The van der Waals surface area contributed by atoms with E-state index in [0.29, 0.717) is 12.0 Å². The number of benzene rings is 3. The summed E-state index contributed by atoms with van der Waals surface area (Å²) < 4.78 is 0. The summed E-state index contributed by atoms with van der Waals surface area (Å²) in [5.74, 6) is 1.69. The SMILES string of the molecule is CC(C)[C@H]1CN(Cc2ccccc2)C(c2cccc3ccccc23)=N1. The van der Waals surface area contributed by atoms with Crippen LogP contribution in [0.15, 0.2) is 77.8 Å². The Bertz CT molecular complexity index is 891. The summed E-state index contributed by atoms with van der Waals surface area (Å²) in [4.78, 5) is 7.57. The molecular weight excluding hydrogens is 304 g/mol. The Balaban J connectivity index is 1.76. The Morgan fingerprint density at radius 2 is 1.64 bits per heavy atom. The van der Waals surface area contributed by atoms with E-state index in [2.05, 4.69) is 91.5 Å². The van der Waals surface area contributed by atoms with Crippen molar-refractivity contribution < 1.29 is 0 Å². The number of aliphatic imine (C=N–C) groups is 1. The lowest BCUT2D eigenvalue weighted by atomic mass is 10.0. The largest absolute Gasteiger partial charge is 0.350 e. The van der Waals surface area contributed by atoms with E-state index in [-0.39, 0.29) is 0 Å². The van der Waals surface area contributed by atoms with Crippen LogP contribution in [-0.4, -0.2) is 23.3 Å². The molecule has 4 rings (SSSR count). The van der Waals surface area contributed by atoms with Crippen LogP contribution in [0, 0.1) is 5.92 Å². The van der Waals surface area contributed by atoms with Crippen molar-refractivity contribution in [2.75, 3.05) is 6.54 Å². The average Bonchev–Trinajstić information content (AvgIpc) is 3.06. The first-order chi connectivity index (χ1) is 12.2. The van der Waals surface area contributed by atoms with Crippen molar-refractivity contribution >= 4 is 16.6 Å². The highest BCUT2D eigenvalue weighted by molar-refractivity contribution is 6.10. The van der Waals surface area contributed by atoms with Gasteiger partial charge in [0, 0.05) is 18.7 Å². The predicted octanol–water partition coefficient (Wildman–Crippen LogP) is 5.13. The fourth-order valence-electron chi connectivity index (χ4n) is 3.56. The minimum absolute atomic E-state index is 0.359. The van der Waals surface area contributed by atoms with Crippen LogP contribution in [0.5, 0.6) is 0 Å². The highest BCUT2D eigenvalue weighted by Gasteiger charge is 2.28. The van der Waals surface area contributed by atoms with E-state index in [0.717, 1.165) is 18.9 Å². The lowest BCUT2D eigenvalue weighted by Crippen LogP contribution is -2.30. The van der Waals surface area contributed by atoms with E-state index in [1.165, 1.54) is 21.9 Å². The number of nitrogens with zero attached hydrogens (tertiary/aromatic N) is 2. The van der Waals surface area contributed by atoms with Gasteiger partial charge in [-0.15, -0.1) is 0 Å². The Morgan fingerprint density at radius 1 is 0.920 bits per heavy atom. The number of fused-ring (bicyclic) bond motifs is 1. The van der Waals surface area contributed by atoms with E-state index >= 15 is 0 Å². The molecule has 0 radical (unpaired) electrons. The lowest BCUT2D eigenvalue weighted by molar-refractivity contribution is 0.378. The quantitative estimate of drug-likeness (QED) is 0.648. The van der Waals surface area contributed by atoms with Gasteiger partial charge in [-0.25, -0.2) is 0 Å². The molecule has 0 spiro atoms. The number of rotatable bonds is 4. The molecule has 3 aromatic carbocycles. The van der Waals surface area contributed by atoms with Gasteiger partial charge in [0.15, 0.2) is 0 Å². The molecule has 2 nitrogen and oxygen atoms in total. The zero-order valence-corrected chi connectivity index (χ0v) is 14.9. The second kappa shape index (κ2) is 6.72.